The molecule has 1 nitrogen and oxygen atoms in total. The Morgan fingerprint density at radius 2 is 1.56 bits per heavy atom. The highest BCUT2D eigenvalue weighted by atomic mass is 35.6. The second-order valence-electron chi connectivity index (χ2n) is 5.21. The van der Waals surface area contributed by atoms with E-state index in [1.165, 1.54) is 21.5 Å². The third kappa shape index (κ3) is 1.68. The van der Waals surface area contributed by atoms with Crippen LogP contribution in [-0.4, -0.2) is 7.38 Å². The maximum absolute atomic E-state index is 6.58. The minimum Gasteiger partial charge on any atom is -0.456 e. The lowest BCUT2D eigenvalue weighted by Crippen LogP contribution is -2.35. The first-order valence-electron chi connectivity index (χ1n) is 6.09. The first-order chi connectivity index (χ1) is 8.48. The molecule has 1 aromatic heterocycles. The maximum Gasteiger partial charge on any atom is 0.185 e. The van der Waals surface area contributed by atoms with Gasteiger partial charge in [-0.2, -0.15) is 11.1 Å². The number of furan rings is 1. The molecule has 18 heavy (non-hydrogen) atoms. The second kappa shape index (κ2) is 3.87. The molecule has 1 heterocycles. The number of rotatable bonds is 1. The van der Waals surface area contributed by atoms with Crippen LogP contribution >= 0.6 is 11.1 Å². The largest absolute Gasteiger partial charge is 0.456 e. The van der Waals surface area contributed by atoms with Crippen molar-refractivity contribution in [2.75, 3.05) is 0 Å². The highest BCUT2D eigenvalue weighted by molar-refractivity contribution is 7.26. The fourth-order valence-electron chi connectivity index (χ4n) is 2.43. The van der Waals surface area contributed by atoms with E-state index >= 15 is 0 Å². The molecule has 0 radical (unpaired) electrons. The van der Waals surface area contributed by atoms with Crippen LogP contribution in [0.25, 0.3) is 21.9 Å². The molecule has 0 N–H and O–H groups in total. The van der Waals surface area contributed by atoms with Crippen molar-refractivity contribution in [3.05, 3.63) is 42.0 Å². The van der Waals surface area contributed by atoms with Crippen LogP contribution in [0.15, 0.2) is 40.8 Å². The van der Waals surface area contributed by atoms with Crippen LogP contribution in [0.5, 0.6) is 0 Å². The van der Waals surface area contributed by atoms with Gasteiger partial charge in [0.15, 0.2) is 7.38 Å². The molecule has 3 aromatic rings. The van der Waals surface area contributed by atoms with Gasteiger partial charge in [0.05, 0.1) is 0 Å². The zero-order valence-electron chi connectivity index (χ0n) is 10.8. The predicted molar refractivity (Wildman–Crippen MR) is 81.4 cm³/mol. The first kappa shape index (κ1) is 11.8. The van der Waals surface area contributed by atoms with E-state index in [4.69, 9.17) is 15.5 Å². The minimum absolute atomic E-state index is 0.966. The molecule has 92 valence electrons. The summed E-state index contributed by atoms with van der Waals surface area (Å²) in [5.74, 6) is 0. The van der Waals surface area contributed by atoms with E-state index in [0.717, 1.165) is 11.2 Å². The summed E-state index contributed by atoms with van der Waals surface area (Å²) in [5.41, 5.74) is 3.12. The lowest BCUT2D eigenvalue weighted by Gasteiger charge is -2.13. The average molecular weight is 275 g/mol. The molecule has 0 bridgehead atoms. The molecule has 0 saturated carbocycles. The molecule has 3 heteroatoms. The van der Waals surface area contributed by atoms with Gasteiger partial charge in [-0.3, -0.25) is 0 Å². The van der Waals surface area contributed by atoms with Crippen molar-refractivity contribution >= 4 is 45.6 Å². The van der Waals surface area contributed by atoms with Gasteiger partial charge in [0.1, 0.15) is 11.2 Å². The third-order valence-corrected chi connectivity index (χ3v) is 5.65. The Kier molecular flexibility index (Phi) is 2.54. The van der Waals surface area contributed by atoms with Crippen LogP contribution in [0.3, 0.4) is 0 Å². The van der Waals surface area contributed by atoms with Gasteiger partial charge in [-0.05, 0) is 17.7 Å². The summed E-state index contributed by atoms with van der Waals surface area (Å²) in [6, 6.07) is 12.5. The van der Waals surface area contributed by atoms with Crippen LogP contribution in [-0.2, 0) is 0 Å². The van der Waals surface area contributed by atoms with Crippen molar-refractivity contribution in [1.82, 2.24) is 0 Å². The van der Waals surface area contributed by atoms with E-state index in [0.29, 0.717) is 0 Å². The summed E-state index contributed by atoms with van der Waals surface area (Å²) in [5, 5.41) is 3.53. The standard InChI is InChI=1S/C15H15ClOSi/c1-10-6-4-7-11-12-8-5-9-13(18(2,3)16)15(12)17-14(10)11/h4-9H,1-3H3. The molecule has 0 fully saturated rings. The fraction of sp³-hybridized carbons (Fsp3) is 0.200. The molecule has 0 aliphatic rings. The minimum atomic E-state index is -1.90. The molecule has 0 saturated heterocycles. The Hall–Kier alpha value is -1.25. The molecule has 0 aliphatic heterocycles. The van der Waals surface area contributed by atoms with E-state index in [-0.39, 0.29) is 0 Å². The molecular formula is C15H15ClOSi. The number of hydrogen-bond acceptors (Lipinski definition) is 1. The van der Waals surface area contributed by atoms with Crippen LogP contribution in [0.4, 0.5) is 0 Å². The quantitative estimate of drug-likeness (QED) is 0.469. The molecule has 0 aliphatic carbocycles. The van der Waals surface area contributed by atoms with E-state index in [1.54, 1.807) is 0 Å². The van der Waals surface area contributed by atoms with Gasteiger partial charge < -0.3 is 4.42 Å². The van der Waals surface area contributed by atoms with Crippen molar-refractivity contribution in [2.24, 2.45) is 0 Å². The number of fused-ring (bicyclic) bond motifs is 3. The summed E-state index contributed by atoms with van der Waals surface area (Å²) < 4.78 is 6.09. The summed E-state index contributed by atoms with van der Waals surface area (Å²) in [4.78, 5) is 0. The van der Waals surface area contributed by atoms with Gasteiger partial charge in [-0.15, -0.1) is 0 Å². The fourth-order valence-corrected chi connectivity index (χ4v) is 4.09. The first-order valence-corrected chi connectivity index (χ1v) is 10.1. The SMILES string of the molecule is Cc1cccc2c1oc1c([Si](C)(C)Cl)cccc12. The molecular weight excluding hydrogens is 260 g/mol. The lowest BCUT2D eigenvalue weighted by molar-refractivity contribution is 0.668. The normalized spacial score (nSPS) is 12.4. The van der Waals surface area contributed by atoms with Crippen LogP contribution in [0, 0.1) is 6.92 Å². The molecule has 0 spiro atoms. The summed E-state index contributed by atoms with van der Waals surface area (Å²) in [7, 11) is -1.90. The Morgan fingerprint density at radius 3 is 2.22 bits per heavy atom. The molecule has 0 atom stereocenters. The number of hydrogen-bond donors (Lipinski definition) is 0. The predicted octanol–water partition coefficient (Wildman–Crippen LogP) is 4.55. The zero-order chi connectivity index (χ0) is 12.9. The van der Waals surface area contributed by atoms with Gasteiger partial charge in [-0.25, -0.2) is 0 Å². The van der Waals surface area contributed by atoms with E-state index in [1.807, 2.05) is 0 Å². The Bertz CT molecular complexity index is 737. The van der Waals surface area contributed by atoms with E-state index < -0.39 is 7.38 Å². The van der Waals surface area contributed by atoms with E-state index in [2.05, 4.69) is 56.4 Å². The number of aryl methyl sites for hydroxylation is 1. The van der Waals surface area contributed by atoms with Crippen LogP contribution in [0.2, 0.25) is 13.1 Å². The van der Waals surface area contributed by atoms with Gasteiger partial charge in [0, 0.05) is 10.8 Å². The summed E-state index contributed by atoms with van der Waals surface area (Å²) >= 11 is 6.58. The Morgan fingerprint density at radius 1 is 0.944 bits per heavy atom. The molecule has 0 unspecified atom stereocenters. The summed E-state index contributed by atoms with van der Waals surface area (Å²) in [6.07, 6.45) is 0. The highest BCUT2D eigenvalue weighted by Crippen LogP contribution is 2.31. The Balaban J connectivity index is 2.50. The van der Waals surface area contributed by atoms with Gasteiger partial charge >= 0.3 is 0 Å². The van der Waals surface area contributed by atoms with E-state index in [9.17, 15) is 0 Å². The van der Waals surface area contributed by atoms with Gasteiger partial charge in [0.2, 0.25) is 0 Å². The topological polar surface area (TPSA) is 13.1 Å². The van der Waals surface area contributed by atoms with Crippen molar-refractivity contribution in [3.63, 3.8) is 0 Å². The number of halogens is 1. The second-order valence-corrected chi connectivity index (χ2v) is 11.5. The maximum atomic E-state index is 6.58. The number of para-hydroxylation sites is 2. The smallest absolute Gasteiger partial charge is 0.185 e. The summed E-state index contributed by atoms with van der Waals surface area (Å²) in [6.45, 7) is 6.33. The van der Waals surface area contributed by atoms with Gasteiger partial charge in [0.25, 0.3) is 0 Å². The third-order valence-electron chi connectivity index (χ3n) is 3.36. The van der Waals surface area contributed by atoms with Crippen LogP contribution < -0.4 is 5.19 Å². The van der Waals surface area contributed by atoms with Gasteiger partial charge in [-0.1, -0.05) is 49.5 Å². The monoisotopic (exact) mass is 274 g/mol. The molecule has 2 aromatic carbocycles. The van der Waals surface area contributed by atoms with Crippen molar-refractivity contribution < 1.29 is 4.42 Å². The zero-order valence-corrected chi connectivity index (χ0v) is 12.5. The average Bonchev–Trinajstić information content (AvgIpc) is 2.68. The number of benzene rings is 2. The molecule has 3 rings (SSSR count). The Labute approximate surface area is 112 Å². The lowest BCUT2D eigenvalue weighted by atomic mass is 10.1. The van der Waals surface area contributed by atoms with Crippen molar-refractivity contribution in [2.45, 2.75) is 20.0 Å². The van der Waals surface area contributed by atoms with Crippen molar-refractivity contribution in [1.29, 1.82) is 0 Å². The van der Waals surface area contributed by atoms with Crippen molar-refractivity contribution in [3.8, 4) is 0 Å². The highest BCUT2D eigenvalue weighted by Gasteiger charge is 2.25. The van der Waals surface area contributed by atoms with Crippen LogP contribution in [0.1, 0.15) is 5.56 Å². The molecule has 0 amide bonds.